The molecule has 0 amide bonds. The number of ketones is 1. The van der Waals surface area contributed by atoms with Gasteiger partial charge in [0.15, 0.2) is 5.78 Å². The number of para-hydroxylation sites is 1. The van der Waals surface area contributed by atoms with E-state index in [1.54, 1.807) is 7.11 Å². The lowest BCUT2D eigenvalue weighted by Crippen LogP contribution is -2.52. The summed E-state index contributed by atoms with van der Waals surface area (Å²) in [5.41, 5.74) is 10.1. The van der Waals surface area contributed by atoms with E-state index in [0.29, 0.717) is 12.3 Å². The molecule has 1 saturated heterocycles. The van der Waals surface area contributed by atoms with Crippen LogP contribution in [-0.2, 0) is 4.79 Å². The molecular formula is C22H31N3O2. The Kier molecular flexibility index (Phi) is 4.55. The van der Waals surface area contributed by atoms with Crippen LogP contribution in [0.3, 0.4) is 0 Å². The van der Waals surface area contributed by atoms with E-state index in [4.69, 9.17) is 4.74 Å². The summed E-state index contributed by atoms with van der Waals surface area (Å²) in [6.07, 6.45) is 1.61. The number of hydrogen-bond acceptors (Lipinski definition) is 5. The van der Waals surface area contributed by atoms with Crippen LogP contribution in [0, 0.1) is 17.3 Å². The lowest BCUT2D eigenvalue weighted by molar-refractivity contribution is -0.118. The third-order valence-electron chi connectivity index (χ3n) is 6.34. The molecule has 1 aliphatic carbocycles. The normalized spacial score (nSPS) is 32.1. The molecule has 3 N–H and O–H groups in total. The van der Waals surface area contributed by atoms with Gasteiger partial charge in [0.2, 0.25) is 0 Å². The molecule has 0 saturated carbocycles. The van der Waals surface area contributed by atoms with Crippen LogP contribution in [0.15, 0.2) is 35.5 Å². The Balaban J connectivity index is 1.89. The van der Waals surface area contributed by atoms with E-state index in [0.717, 1.165) is 29.0 Å². The number of benzene rings is 1. The Morgan fingerprint density at radius 1 is 1.15 bits per heavy atom. The van der Waals surface area contributed by atoms with Crippen molar-refractivity contribution >= 4 is 5.78 Å². The van der Waals surface area contributed by atoms with Crippen molar-refractivity contribution in [1.29, 1.82) is 0 Å². The van der Waals surface area contributed by atoms with E-state index in [9.17, 15) is 4.79 Å². The van der Waals surface area contributed by atoms with Gasteiger partial charge in [0.1, 0.15) is 5.75 Å². The second-order valence-corrected chi connectivity index (χ2v) is 9.31. The van der Waals surface area contributed by atoms with Gasteiger partial charge in [-0.15, -0.1) is 0 Å². The van der Waals surface area contributed by atoms with Crippen LogP contribution in [0.25, 0.3) is 0 Å². The molecule has 1 fully saturated rings. The summed E-state index contributed by atoms with van der Waals surface area (Å²) in [5.74, 6) is 1.86. The largest absolute Gasteiger partial charge is 0.496 e. The van der Waals surface area contributed by atoms with Crippen molar-refractivity contribution in [2.75, 3.05) is 7.11 Å². The number of nitrogens with one attached hydrogen (secondary N) is 3. The van der Waals surface area contributed by atoms with Gasteiger partial charge in [0.05, 0.1) is 13.3 Å². The zero-order valence-electron chi connectivity index (χ0n) is 16.9. The van der Waals surface area contributed by atoms with Crippen molar-refractivity contribution in [2.24, 2.45) is 17.3 Å². The minimum Gasteiger partial charge on any atom is -0.496 e. The van der Waals surface area contributed by atoms with E-state index in [2.05, 4.69) is 49.9 Å². The SMILES string of the molecule is COc1ccccc1C1C2=C(CC(C)(C)CC2=O)NC2NNC(C(C)C)C21. The molecule has 0 aromatic heterocycles. The molecule has 5 nitrogen and oxygen atoms in total. The summed E-state index contributed by atoms with van der Waals surface area (Å²) in [4.78, 5) is 13.3. The molecule has 4 rings (SSSR count). The van der Waals surface area contributed by atoms with Gasteiger partial charge in [-0.25, -0.2) is 5.43 Å². The molecule has 4 unspecified atom stereocenters. The molecule has 5 heteroatoms. The van der Waals surface area contributed by atoms with Crippen molar-refractivity contribution in [1.82, 2.24) is 16.2 Å². The molecule has 4 atom stereocenters. The Labute approximate surface area is 161 Å². The number of rotatable bonds is 3. The average molecular weight is 370 g/mol. The highest BCUT2D eigenvalue weighted by molar-refractivity contribution is 5.99. The van der Waals surface area contributed by atoms with Gasteiger partial charge in [0, 0.05) is 41.1 Å². The van der Waals surface area contributed by atoms with Crippen LogP contribution in [0.1, 0.15) is 52.0 Å². The van der Waals surface area contributed by atoms with Gasteiger partial charge >= 0.3 is 0 Å². The van der Waals surface area contributed by atoms with Gasteiger partial charge in [-0.1, -0.05) is 45.9 Å². The number of carbonyl (C=O) groups is 1. The fourth-order valence-corrected chi connectivity index (χ4v) is 5.22. The fourth-order valence-electron chi connectivity index (χ4n) is 5.22. The van der Waals surface area contributed by atoms with E-state index in [-0.39, 0.29) is 35.2 Å². The molecule has 1 aromatic rings. The smallest absolute Gasteiger partial charge is 0.161 e. The molecular weight excluding hydrogens is 338 g/mol. The summed E-state index contributed by atoms with van der Waals surface area (Å²) in [5, 5.41) is 3.67. The molecule has 27 heavy (non-hydrogen) atoms. The first-order valence-electron chi connectivity index (χ1n) is 9.99. The van der Waals surface area contributed by atoms with Crippen LogP contribution in [0.5, 0.6) is 5.75 Å². The summed E-state index contributed by atoms with van der Waals surface area (Å²) in [6, 6.07) is 8.44. The second kappa shape index (κ2) is 6.64. The van der Waals surface area contributed by atoms with Crippen molar-refractivity contribution in [2.45, 2.75) is 58.7 Å². The number of hydrogen-bond donors (Lipinski definition) is 3. The van der Waals surface area contributed by atoms with Crippen molar-refractivity contribution in [3.05, 3.63) is 41.1 Å². The fraction of sp³-hybridized carbons (Fsp3) is 0.591. The lowest BCUT2D eigenvalue weighted by Gasteiger charge is -2.45. The second-order valence-electron chi connectivity index (χ2n) is 9.31. The molecule has 2 aliphatic heterocycles. The van der Waals surface area contributed by atoms with Crippen molar-refractivity contribution in [3.63, 3.8) is 0 Å². The van der Waals surface area contributed by atoms with Gasteiger partial charge in [-0.3, -0.25) is 10.2 Å². The highest BCUT2D eigenvalue weighted by Gasteiger charge is 2.51. The number of methoxy groups -OCH3 is 1. The van der Waals surface area contributed by atoms with E-state index in [1.165, 1.54) is 0 Å². The summed E-state index contributed by atoms with van der Waals surface area (Å²) in [6.45, 7) is 8.82. The highest BCUT2D eigenvalue weighted by atomic mass is 16.5. The van der Waals surface area contributed by atoms with Gasteiger partial charge in [-0.05, 0) is 23.8 Å². The van der Waals surface area contributed by atoms with Crippen molar-refractivity contribution < 1.29 is 9.53 Å². The van der Waals surface area contributed by atoms with Crippen LogP contribution in [0.4, 0.5) is 0 Å². The number of Topliss-reactive ketones (excluding diaryl/α,β-unsaturated/α-hetero) is 1. The topological polar surface area (TPSA) is 62.4 Å². The Bertz CT molecular complexity index is 784. The van der Waals surface area contributed by atoms with Gasteiger partial charge in [0.25, 0.3) is 0 Å². The first-order valence-corrected chi connectivity index (χ1v) is 9.99. The number of carbonyl (C=O) groups excluding carboxylic acids is 1. The standard InChI is InChI=1S/C22H31N3O2/c1-12(2)20-19-17(13-8-6-7-9-16(13)27-5)18-14(23-21(19)25-24-20)10-22(3,4)11-15(18)26/h6-9,12,17,19-21,23-25H,10-11H2,1-5H3. The third-order valence-corrected chi connectivity index (χ3v) is 6.34. The highest BCUT2D eigenvalue weighted by Crippen LogP contribution is 2.50. The predicted octanol–water partition coefficient (Wildman–Crippen LogP) is 3.10. The van der Waals surface area contributed by atoms with E-state index >= 15 is 0 Å². The van der Waals surface area contributed by atoms with Crippen LogP contribution >= 0.6 is 0 Å². The van der Waals surface area contributed by atoms with Gasteiger partial charge in [-0.2, -0.15) is 0 Å². The third kappa shape index (κ3) is 3.07. The zero-order valence-corrected chi connectivity index (χ0v) is 16.9. The molecule has 2 heterocycles. The minimum absolute atomic E-state index is 0.00937. The maximum absolute atomic E-state index is 13.3. The van der Waals surface area contributed by atoms with E-state index < -0.39 is 0 Å². The van der Waals surface area contributed by atoms with E-state index in [1.807, 2.05) is 18.2 Å². The molecule has 3 aliphatic rings. The molecule has 0 spiro atoms. The number of fused-ring (bicyclic) bond motifs is 1. The molecule has 0 radical (unpaired) electrons. The van der Waals surface area contributed by atoms with Crippen molar-refractivity contribution in [3.8, 4) is 5.75 Å². The molecule has 0 bridgehead atoms. The first-order chi connectivity index (χ1) is 12.8. The zero-order chi connectivity index (χ0) is 19.3. The Morgan fingerprint density at radius 2 is 1.89 bits per heavy atom. The summed E-state index contributed by atoms with van der Waals surface area (Å²) in [7, 11) is 1.71. The predicted molar refractivity (Wildman–Crippen MR) is 106 cm³/mol. The van der Waals surface area contributed by atoms with Crippen LogP contribution in [-0.4, -0.2) is 25.1 Å². The Hall–Kier alpha value is -1.85. The van der Waals surface area contributed by atoms with Gasteiger partial charge < -0.3 is 10.1 Å². The molecule has 146 valence electrons. The van der Waals surface area contributed by atoms with Crippen LogP contribution < -0.4 is 20.9 Å². The maximum atomic E-state index is 13.3. The number of hydrazine groups is 1. The quantitative estimate of drug-likeness (QED) is 0.764. The minimum atomic E-state index is -0.00937. The molecule has 1 aromatic carbocycles. The summed E-state index contributed by atoms with van der Waals surface area (Å²) >= 11 is 0. The monoisotopic (exact) mass is 369 g/mol. The number of ether oxygens (including phenoxy) is 1. The average Bonchev–Trinajstić information content (AvgIpc) is 3.02. The Morgan fingerprint density at radius 3 is 2.59 bits per heavy atom. The summed E-state index contributed by atoms with van der Waals surface area (Å²) < 4.78 is 5.70. The number of allylic oxidation sites excluding steroid dienone is 2. The van der Waals surface area contributed by atoms with Crippen LogP contribution in [0.2, 0.25) is 0 Å². The lowest BCUT2D eigenvalue weighted by atomic mass is 9.64. The first kappa shape index (κ1) is 18.5. The maximum Gasteiger partial charge on any atom is 0.161 e.